The minimum Gasteiger partial charge on any atom is -0.422 e. The summed E-state index contributed by atoms with van der Waals surface area (Å²) in [5, 5.41) is 0.612. The Morgan fingerprint density at radius 1 is 1.29 bits per heavy atom. The molecule has 0 radical (unpaired) electrons. The molecule has 6 heteroatoms. The second-order valence-corrected chi connectivity index (χ2v) is 7.45. The lowest BCUT2D eigenvalue weighted by Crippen LogP contribution is -2.40. The third-order valence-corrected chi connectivity index (χ3v) is 5.70. The fourth-order valence-corrected chi connectivity index (χ4v) is 4.35. The lowest BCUT2D eigenvalue weighted by Gasteiger charge is -2.29. The van der Waals surface area contributed by atoms with Crippen molar-refractivity contribution in [1.82, 2.24) is 4.31 Å². The van der Waals surface area contributed by atoms with Crippen molar-refractivity contribution in [3.8, 4) is 0 Å². The van der Waals surface area contributed by atoms with Crippen LogP contribution >= 0.6 is 0 Å². The van der Waals surface area contributed by atoms with E-state index in [0.717, 1.165) is 12.8 Å². The molecule has 112 valence electrons. The van der Waals surface area contributed by atoms with Crippen LogP contribution in [0.5, 0.6) is 0 Å². The number of fused-ring (bicyclic) bond motifs is 1. The second kappa shape index (κ2) is 5.27. The highest BCUT2D eigenvalue weighted by atomic mass is 32.2. The van der Waals surface area contributed by atoms with E-state index < -0.39 is 15.6 Å². The summed E-state index contributed by atoms with van der Waals surface area (Å²) >= 11 is 0. The van der Waals surface area contributed by atoms with Gasteiger partial charge in [-0.05, 0) is 30.9 Å². The van der Waals surface area contributed by atoms with Gasteiger partial charge in [0.25, 0.3) is 0 Å². The first-order valence-electron chi connectivity index (χ1n) is 7.01. The summed E-state index contributed by atoms with van der Waals surface area (Å²) < 4.78 is 31.9. The summed E-state index contributed by atoms with van der Waals surface area (Å²) in [6.45, 7) is 2.93. The fourth-order valence-electron chi connectivity index (χ4n) is 2.73. The van der Waals surface area contributed by atoms with Gasteiger partial charge in [0.05, 0.1) is 0 Å². The Hall–Kier alpha value is -1.66. The Balaban J connectivity index is 2.10. The molecule has 1 saturated heterocycles. The number of nitrogens with zero attached hydrogens (tertiary/aromatic N) is 1. The molecule has 1 aliphatic rings. The Morgan fingerprint density at radius 2 is 2.05 bits per heavy atom. The average Bonchev–Trinajstić information content (AvgIpc) is 2.46. The van der Waals surface area contributed by atoms with E-state index in [-0.39, 0.29) is 4.90 Å². The standard InChI is InChI=1S/C15H17NO4S/c1-11-5-4-8-16(10-11)21(18,19)14-9-12-6-2-3-7-13(12)20-15(14)17/h2-3,6-7,9,11H,4-5,8,10H2,1H3/t11-/m1/s1. The van der Waals surface area contributed by atoms with Crippen molar-refractivity contribution in [2.45, 2.75) is 24.7 Å². The monoisotopic (exact) mass is 307 g/mol. The highest BCUT2D eigenvalue weighted by Crippen LogP contribution is 2.23. The molecule has 0 unspecified atom stereocenters. The topological polar surface area (TPSA) is 67.6 Å². The summed E-state index contributed by atoms with van der Waals surface area (Å²) in [4.78, 5) is 11.8. The molecule has 3 rings (SSSR count). The molecule has 1 aromatic carbocycles. The van der Waals surface area contributed by atoms with Gasteiger partial charge in [0.2, 0.25) is 10.0 Å². The van der Waals surface area contributed by atoms with Gasteiger partial charge in [0.1, 0.15) is 5.58 Å². The van der Waals surface area contributed by atoms with Crippen LogP contribution in [0.2, 0.25) is 0 Å². The summed E-state index contributed by atoms with van der Waals surface area (Å²) in [6, 6.07) is 8.31. The van der Waals surface area contributed by atoms with Gasteiger partial charge in [-0.25, -0.2) is 13.2 Å². The molecule has 0 bridgehead atoms. The quantitative estimate of drug-likeness (QED) is 0.798. The van der Waals surface area contributed by atoms with E-state index in [1.807, 2.05) is 6.92 Å². The predicted molar refractivity (Wildman–Crippen MR) is 79.6 cm³/mol. The molecule has 5 nitrogen and oxygen atoms in total. The maximum absolute atomic E-state index is 12.7. The zero-order valence-electron chi connectivity index (χ0n) is 11.8. The average molecular weight is 307 g/mol. The predicted octanol–water partition coefficient (Wildman–Crippen LogP) is 2.21. The summed E-state index contributed by atoms with van der Waals surface area (Å²) in [7, 11) is -3.79. The number of sulfonamides is 1. The van der Waals surface area contributed by atoms with E-state index in [1.165, 1.54) is 10.4 Å². The van der Waals surface area contributed by atoms with Crippen LogP contribution in [0.15, 0.2) is 44.4 Å². The van der Waals surface area contributed by atoms with Crippen LogP contribution in [0.25, 0.3) is 11.0 Å². The third-order valence-electron chi connectivity index (χ3n) is 3.85. The van der Waals surface area contributed by atoms with E-state index in [9.17, 15) is 13.2 Å². The fraction of sp³-hybridized carbons (Fsp3) is 0.400. The van der Waals surface area contributed by atoms with Crippen molar-refractivity contribution in [3.63, 3.8) is 0 Å². The summed E-state index contributed by atoms with van der Waals surface area (Å²) in [6.07, 6.45) is 1.83. The zero-order chi connectivity index (χ0) is 15.0. The molecule has 1 aliphatic heterocycles. The Morgan fingerprint density at radius 3 is 2.81 bits per heavy atom. The van der Waals surface area contributed by atoms with Gasteiger partial charge in [0, 0.05) is 18.5 Å². The van der Waals surface area contributed by atoms with Gasteiger partial charge in [-0.2, -0.15) is 4.31 Å². The third kappa shape index (κ3) is 2.61. The molecule has 2 aromatic rings. The SMILES string of the molecule is C[C@@H]1CCCN(S(=O)(=O)c2cc3ccccc3oc2=O)C1. The van der Waals surface area contributed by atoms with Gasteiger partial charge < -0.3 is 4.42 Å². The van der Waals surface area contributed by atoms with Gasteiger partial charge in [-0.1, -0.05) is 25.1 Å². The van der Waals surface area contributed by atoms with E-state index in [1.54, 1.807) is 24.3 Å². The zero-order valence-corrected chi connectivity index (χ0v) is 12.6. The normalized spacial score (nSPS) is 20.7. The molecule has 1 aromatic heterocycles. The van der Waals surface area contributed by atoms with Crippen molar-refractivity contribution >= 4 is 21.0 Å². The first kappa shape index (κ1) is 14.3. The Bertz CT molecular complexity index is 825. The number of hydrogen-bond donors (Lipinski definition) is 0. The molecule has 21 heavy (non-hydrogen) atoms. The van der Waals surface area contributed by atoms with E-state index in [4.69, 9.17) is 4.42 Å². The van der Waals surface area contributed by atoms with Crippen LogP contribution in [-0.2, 0) is 10.0 Å². The Kier molecular flexibility index (Phi) is 3.59. The lowest BCUT2D eigenvalue weighted by molar-refractivity contribution is 0.280. The molecule has 0 N–H and O–H groups in total. The number of piperidine rings is 1. The maximum atomic E-state index is 12.7. The van der Waals surface area contributed by atoms with Crippen LogP contribution in [0, 0.1) is 5.92 Å². The smallest absolute Gasteiger partial charge is 0.356 e. The van der Waals surface area contributed by atoms with Gasteiger partial charge in [0.15, 0.2) is 4.90 Å². The minimum absolute atomic E-state index is 0.268. The van der Waals surface area contributed by atoms with Crippen LogP contribution < -0.4 is 5.63 Å². The molecule has 0 amide bonds. The van der Waals surface area contributed by atoms with Crippen molar-refractivity contribution in [2.75, 3.05) is 13.1 Å². The van der Waals surface area contributed by atoms with Crippen LogP contribution in [-0.4, -0.2) is 25.8 Å². The first-order valence-corrected chi connectivity index (χ1v) is 8.45. The molecule has 0 saturated carbocycles. The maximum Gasteiger partial charge on any atom is 0.356 e. The Labute approximate surface area is 123 Å². The molecule has 2 heterocycles. The highest BCUT2D eigenvalue weighted by molar-refractivity contribution is 7.89. The largest absolute Gasteiger partial charge is 0.422 e. The van der Waals surface area contributed by atoms with Crippen LogP contribution in [0.1, 0.15) is 19.8 Å². The molecule has 1 fully saturated rings. The minimum atomic E-state index is -3.79. The van der Waals surface area contributed by atoms with E-state index >= 15 is 0 Å². The van der Waals surface area contributed by atoms with Gasteiger partial charge in [-0.15, -0.1) is 0 Å². The molecular weight excluding hydrogens is 290 g/mol. The molecule has 1 atom stereocenters. The molecule has 0 aliphatic carbocycles. The number of rotatable bonds is 2. The molecule has 0 spiro atoms. The highest BCUT2D eigenvalue weighted by Gasteiger charge is 2.31. The summed E-state index contributed by atoms with van der Waals surface area (Å²) in [5.74, 6) is 0.307. The number of benzene rings is 1. The van der Waals surface area contributed by atoms with Crippen molar-refractivity contribution < 1.29 is 12.8 Å². The van der Waals surface area contributed by atoms with Gasteiger partial charge >= 0.3 is 5.63 Å². The van der Waals surface area contributed by atoms with Crippen molar-refractivity contribution in [1.29, 1.82) is 0 Å². The van der Waals surface area contributed by atoms with E-state index in [2.05, 4.69) is 0 Å². The van der Waals surface area contributed by atoms with Crippen molar-refractivity contribution in [3.05, 3.63) is 40.8 Å². The van der Waals surface area contributed by atoms with Crippen LogP contribution in [0.4, 0.5) is 0 Å². The van der Waals surface area contributed by atoms with Crippen LogP contribution in [0.3, 0.4) is 0 Å². The summed E-state index contributed by atoms with van der Waals surface area (Å²) in [5.41, 5.74) is -0.402. The second-order valence-electron chi connectivity index (χ2n) is 5.55. The van der Waals surface area contributed by atoms with E-state index in [0.29, 0.717) is 30.0 Å². The molecular formula is C15H17NO4S. The van der Waals surface area contributed by atoms with Crippen molar-refractivity contribution in [2.24, 2.45) is 5.92 Å². The number of hydrogen-bond acceptors (Lipinski definition) is 4. The lowest BCUT2D eigenvalue weighted by atomic mass is 10.0. The number of para-hydroxylation sites is 1. The van der Waals surface area contributed by atoms with Gasteiger partial charge in [-0.3, -0.25) is 0 Å². The first-order chi connectivity index (χ1) is 9.98.